The van der Waals surface area contributed by atoms with Crippen molar-refractivity contribution >= 4 is 22.9 Å². The van der Waals surface area contributed by atoms with Crippen LogP contribution in [0.5, 0.6) is 0 Å². The molecule has 0 aliphatic heterocycles. The summed E-state index contributed by atoms with van der Waals surface area (Å²) >= 11 is 7.57. The summed E-state index contributed by atoms with van der Waals surface area (Å²) in [5.41, 5.74) is 1.91. The van der Waals surface area contributed by atoms with Gasteiger partial charge in [-0.2, -0.15) is 5.10 Å². The lowest BCUT2D eigenvalue weighted by atomic mass is 10.3. The zero-order valence-electron chi connectivity index (χ0n) is 8.75. The van der Waals surface area contributed by atoms with E-state index in [-0.39, 0.29) is 0 Å². The topological polar surface area (TPSA) is 30.7 Å². The number of benzene rings is 1. The molecule has 0 bridgehead atoms. The van der Waals surface area contributed by atoms with Gasteiger partial charge in [-0.05, 0) is 24.3 Å². The van der Waals surface area contributed by atoms with Crippen LogP contribution < -0.4 is 0 Å². The standard InChI is InChI=1S/C12H8ClN3S/c13-9-2-1-3-10(8-9)16-11(4-5-15-16)12-14-6-7-17-12/h1-8H. The van der Waals surface area contributed by atoms with E-state index in [1.165, 1.54) is 0 Å². The highest BCUT2D eigenvalue weighted by molar-refractivity contribution is 7.13. The first-order chi connectivity index (χ1) is 8.34. The Morgan fingerprint density at radius 1 is 1.18 bits per heavy atom. The van der Waals surface area contributed by atoms with Crippen molar-refractivity contribution in [3.8, 4) is 16.4 Å². The molecule has 0 saturated carbocycles. The van der Waals surface area contributed by atoms with E-state index in [0.29, 0.717) is 5.02 Å². The molecule has 0 spiro atoms. The lowest BCUT2D eigenvalue weighted by Crippen LogP contribution is -1.98. The Morgan fingerprint density at radius 3 is 2.88 bits per heavy atom. The van der Waals surface area contributed by atoms with Gasteiger partial charge in [0, 0.05) is 16.6 Å². The summed E-state index contributed by atoms with van der Waals surface area (Å²) in [7, 11) is 0. The Kier molecular flexibility index (Phi) is 2.66. The van der Waals surface area contributed by atoms with Crippen LogP contribution in [0.15, 0.2) is 48.1 Å². The summed E-state index contributed by atoms with van der Waals surface area (Å²) in [5, 5.41) is 7.90. The van der Waals surface area contributed by atoms with Crippen LogP contribution in [0.25, 0.3) is 16.4 Å². The summed E-state index contributed by atoms with van der Waals surface area (Å²) in [6.45, 7) is 0. The van der Waals surface area contributed by atoms with Crippen LogP contribution in [-0.4, -0.2) is 14.8 Å². The molecule has 3 aromatic rings. The Hall–Kier alpha value is -1.65. The van der Waals surface area contributed by atoms with Crippen molar-refractivity contribution in [3.63, 3.8) is 0 Å². The van der Waals surface area contributed by atoms with Crippen molar-refractivity contribution in [2.75, 3.05) is 0 Å². The summed E-state index contributed by atoms with van der Waals surface area (Å²) in [6.07, 6.45) is 3.55. The van der Waals surface area contributed by atoms with Crippen molar-refractivity contribution in [2.45, 2.75) is 0 Å². The fraction of sp³-hybridized carbons (Fsp3) is 0. The van der Waals surface area contributed by atoms with Gasteiger partial charge in [-0.25, -0.2) is 9.67 Å². The van der Waals surface area contributed by atoms with Gasteiger partial charge in [0.25, 0.3) is 0 Å². The minimum atomic E-state index is 0.697. The molecule has 5 heteroatoms. The Labute approximate surface area is 107 Å². The van der Waals surface area contributed by atoms with Crippen LogP contribution in [0.2, 0.25) is 5.02 Å². The average Bonchev–Trinajstić information content (AvgIpc) is 3.00. The van der Waals surface area contributed by atoms with Gasteiger partial charge in [0.15, 0.2) is 0 Å². The van der Waals surface area contributed by atoms with Gasteiger partial charge in [-0.1, -0.05) is 17.7 Å². The average molecular weight is 262 g/mol. The van der Waals surface area contributed by atoms with E-state index in [2.05, 4.69) is 10.1 Å². The molecular weight excluding hydrogens is 254 g/mol. The highest BCUT2D eigenvalue weighted by Gasteiger charge is 2.09. The zero-order valence-corrected chi connectivity index (χ0v) is 10.3. The highest BCUT2D eigenvalue weighted by atomic mass is 35.5. The van der Waals surface area contributed by atoms with E-state index in [1.54, 1.807) is 23.7 Å². The summed E-state index contributed by atoms with van der Waals surface area (Å²) < 4.78 is 1.84. The van der Waals surface area contributed by atoms with Gasteiger partial charge >= 0.3 is 0 Å². The third kappa shape index (κ3) is 1.97. The minimum absolute atomic E-state index is 0.697. The van der Waals surface area contributed by atoms with E-state index >= 15 is 0 Å². The Balaban J connectivity index is 2.14. The second-order valence-electron chi connectivity index (χ2n) is 3.45. The molecule has 2 aromatic heterocycles. The highest BCUT2D eigenvalue weighted by Crippen LogP contribution is 2.25. The molecular formula is C12H8ClN3S. The molecule has 0 N–H and O–H groups in total. The second-order valence-corrected chi connectivity index (χ2v) is 4.78. The summed E-state index contributed by atoms with van der Waals surface area (Å²) in [4.78, 5) is 4.29. The molecule has 0 saturated heterocycles. The van der Waals surface area contributed by atoms with Crippen molar-refractivity contribution in [2.24, 2.45) is 0 Å². The number of hydrogen-bond donors (Lipinski definition) is 0. The number of hydrogen-bond acceptors (Lipinski definition) is 3. The maximum Gasteiger partial charge on any atom is 0.141 e. The quantitative estimate of drug-likeness (QED) is 0.705. The fourth-order valence-electron chi connectivity index (χ4n) is 1.63. The number of aromatic nitrogens is 3. The van der Waals surface area contributed by atoms with Crippen LogP contribution in [0.4, 0.5) is 0 Å². The van der Waals surface area contributed by atoms with Crippen molar-refractivity contribution in [3.05, 3.63) is 53.1 Å². The predicted molar refractivity (Wildman–Crippen MR) is 69.7 cm³/mol. The van der Waals surface area contributed by atoms with Gasteiger partial charge in [0.1, 0.15) is 10.7 Å². The Morgan fingerprint density at radius 2 is 2.12 bits per heavy atom. The van der Waals surface area contributed by atoms with E-state index in [4.69, 9.17) is 11.6 Å². The van der Waals surface area contributed by atoms with Gasteiger partial charge < -0.3 is 0 Å². The lowest BCUT2D eigenvalue weighted by molar-refractivity contribution is 0.887. The number of rotatable bonds is 2. The second kappa shape index (κ2) is 4.31. The largest absolute Gasteiger partial charge is 0.243 e. The molecule has 0 unspecified atom stereocenters. The fourth-order valence-corrected chi connectivity index (χ4v) is 2.46. The molecule has 0 atom stereocenters. The molecule has 84 valence electrons. The van der Waals surface area contributed by atoms with Gasteiger partial charge in [0.05, 0.1) is 11.9 Å². The molecule has 1 aromatic carbocycles. The molecule has 0 aliphatic rings. The zero-order chi connectivity index (χ0) is 11.7. The van der Waals surface area contributed by atoms with Gasteiger partial charge in [0.2, 0.25) is 0 Å². The van der Waals surface area contributed by atoms with E-state index in [0.717, 1.165) is 16.4 Å². The predicted octanol–water partition coefficient (Wildman–Crippen LogP) is 3.65. The monoisotopic (exact) mass is 261 g/mol. The van der Waals surface area contributed by atoms with Crippen molar-refractivity contribution in [1.82, 2.24) is 14.8 Å². The van der Waals surface area contributed by atoms with Crippen LogP contribution in [-0.2, 0) is 0 Å². The van der Waals surface area contributed by atoms with Crippen LogP contribution in [0, 0.1) is 0 Å². The summed E-state index contributed by atoms with van der Waals surface area (Å²) in [6, 6.07) is 9.55. The van der Waals surface area contributed by atoms with Crippen LogP contribution in [0.1, 0.15) is 0 Å². The van der Waals surface area contributed by atoms with E-state index < -0.39 is 0 Å². The molecule has 0 radical (unpaired) electrons. The number of nitrogens with zero attached hydrogens (tertiary/aromatic N) is 3. The number of halogens is 1. The Bertz CT molecular complexity index is 631. The lowest BCUT2D eigenvalue weighted by Gasteiger charge is -2.05. The molecule has 3 rings (SSSR count). The SMILES string of the molecule is Clc1cccc(-n2nccc2-c2nccs2)c1. The van der Waals surface area contributed by atoms with Crippen LogP contribution >= 0.6 is 22.9 Å². The third-order valence-electron chi connectivity index (χ3n) is 2.35. The van der Waals surface area contributed by atoms with Crippen molar-refractivity contribution in [1.29, 1.82) is 0 Å². The van der Waals surface area contributed by atoms with Crippen LogP contribution in [0.3, 0.4) is 0 Å². The van der Waals surface area contributed by atoms with E-state index in [9.17, 15) is 0 Å². The molecule has 3 nitrogen and oxygen atoms in total. The maximum absolute atomic E-state index is 5.98. The summed E-state index contributed by atoms with van der Waals surface area (Å²) in [5.74, 6) is 0. The number of thiazole rings is 1. The first-order valence-electron chi connectivity index (χ1n) is 5.04. The first kappa shape index (κ1) is 10.5. The van der Waals surface area contributed by atoms with E-state index in [1.807, 2.05) is 40.4 Å². The maximum atomic E-state index is 5.98. The molecule has 0 fully saturated rings. The normalized spacial score (nSPS) is 10.6. The van der Waals surface area contributed by atoms with Crippen molar-refractivity contribution < 1.29 is 0 Å². The van der Waals surface area contributed by atoms with Gasteiger partial charge in [-0.15, -0.1) is 11.3 Å². The molecule has 0 amide bonds. The molecule has 2 heterocycles. The smallest absolute Gasteiger partial charge is 0.141 e. The molecule has 17 heavy (non-hydrogen) atoms. The first-order valence-corrected chi connectivity index (χ1v) is 6.30. The third-order valence-corrected chi connectivity index (χ3v) is 3.38. The molecule has 0 aliphatic carbocycles. The minimum Gasteiger partial charge on any atom is -0.243 e. The van der Waals surface area contributed by atoms with Gasteiger partial charge in [-0.3, -0.25) is 0 Å².